The molecule has 1 aromatic rings. The van der Waals surface area contributed by atoms with Gasteiger partial charge in [0.2, 0.25) is 0 Å². The van der Waals surface area contributed by atoms with Crippen LogP contribution < -0.4 is 0 Å². The number of rotatable bonds is 8. The molecule has 0 radical (unpaired) electrons. The van der Waals surface area contributed by atoms with E-state index in [1.54, 1.807) is 0 Å². The Morgan fingerprint density at radius 3 is 2.44 bits per heavy atom. The summed E-state index contributed by atoms with van der Waals surface area (Å²) in [7, 11) is -0.796. The maximum atomic E-state index is 11.0. The van der Waals surface area contributed by atoms with Crippen molar-refractivity contribution >= 4 is 25.8 Å². The molecule has 0 heterocycles. The first-order valence-electron chi connectivity index (χ1n) is 6.35. The van der Waals surface area contributed by atoms with Gasteiger partial charge in [0.25, 0.3) is 0 Å². The molecular formula is C14H20O2PS+. The van der Waals surface area contributed by atoms with Crippen LogP contribution in [-0.4, -0.2) is 4.86 Å². The number of hydrogen-bond acceptors (Lipinski definition) is 3. The van der Waals surface area contributed by atoms with E-state index < -0.39 is 14.3 Å². The number of hydrogen-bond donors (Lipinski definition) is 0. The quantitative estimate of drug-likeness (QED) is 0.506. The van der Waals surface area contributed by atoms with Crippen molar-refractivity contribution < 1.29 is 9.09 Å². The summed E-state index contributed by atoms with van der Waals surface area (Å²) in [6.45, 7) is 4.18. The van der Waals surface area contributed by atoms with Crippen LogP contribution >= 0.6 is 20.9 Å². The van der Waals surface area contributed by atoms with E-state index in [4.69, 9.17) is 16.7 Å². The van der Waals surface area contributed by atoms with Crippen LogP contribution in [0.4, 0.5) is 0 Å². The van der Waals surface area contributed by atoms with Gasteiger partial charge in [-0.3, -0.25) is 0 Å². The van der Waals surface area contributed by atoms with Crippen molar-refractivity contribution in [2.75, 3.05) is 0 Å². The molecule has 0 bridgehead atoms. The lowest BCUT2D eigenvalue weighted by Gasteiger charge is -2.28. The third kappa shape index (κ3) is 3.44. The standard InChI is InChI=1S/C14H20O2PS/c1-3-8-13(18)14(11-4-2,16-17-15)12-9-6-5-7-10-12/h5-7,9-10,17H,3-4,8,11H2,1-2H3/q+1. The van der Waals surface area contributed by atoms with E-state index in [9.17, 15) is 4.57 Å². The lowest BCUT2D eigenvalue weighted by molar-refractivity contribution is 0.149. The Kier molecular flexibility index (Phi) is 6.62. The Bertz CT molecular complexity index is 394. The molecule has 2 atom stereocenters. The second kappa shape index (κ2) is 7.73. The summed E-state index contributed by atoms with van der Waals surface area (Å²) < 4.78 is 16.6. The van der Waals surface area contributed by atoms with Gasteiger partial charge < -0.3 is 0 Å². The largest absolute Gasteiger partial charge is 0.495 e. The zero-order valence-electron chi connectivity index (χ0n) is 10.9. The lowest BCUT2D eigenvalue weighted by atomic mass is 9.84. The molecule has 0 aliphatic rings. The van der Waals surface area contributed by atoms with Crippen LogP contribution in [0.25, 0.3) is 0 Å². The number of benzene rings is 1. The van der Waals surface area contributed by atoms with E-state index in [0.717, 1.165) is 36.1 Å². The van der Waals surface area contributed by atoms with Gasteiger partial charge in [0, 0.05) is 4.86 Å². The topological polar surface area (TPSA) is 26.3 Å². The van der Waals surface area contributed by atoms with E-state index in [0.29, 0.717) is 0 Å². The molecule has 0 fully saturated rings. The Morgan fingerprint density at radius 2 is 1.94 bits per heavy atom. The average molecular weight is 283 g/mol. The predicted molar refractivity (Wildman–Crippen MR) is 80.6 cm³/mol. The van der Waals surface area contributed by atoms with Crippen LogP contribution in [0.1, 0.15) is 45.1 Å². The first-order chi connectivity index (χ1) is 8.71. The predicted octanol–water partition coefficient (Wildman–Crippen LogP) is 4.81. The fourth-order valence-corrected chi connectivity index (χ4v) is 3.20. The van der Waals surface area contributed by atoms with Crippen molar-refractivity contribution in [3.63, 3.8) is 0 Å². The van der Waals surface area contributed by atoms with Gasteiger partial charge >= 0.3 is 8.69 Å². The molecule has 1 rings (SSSR count). The van der Waals surface area contributed by atoms with E-state index in [1.165, 1.54) is 0 Å². The third-order valence-electron chi connectivity index (χ3n) is 2.99. The average Bonchev–Trinajstić information content (AvgIpc) is 2.39. The van der Waals surface area contributed by atoms with E-state index in [1.807, 2.05) is 30.3 Å². The van der Waals surface area contributed by atoms with Crippen LogP contribution in [0.5, 0.6) is 0 Å². The highest BCUT2D eigenvalue weighted by molar-refractivity contribution is 7.80. The van der Waals surface area contributed by atoms with Crippen LogP contribution in [0.3, 0.4) is 0 Å². The Labute approximate surface area is 116 Å². The van der Waals surface area contributed by atoms with Gasteiger partial charge in [0.15, 0.2) is 5.60 Å². The van der Waals surface area contributed by atoms with E-state index in [-0.39, 0.29) is 0 Å². The van der Waals surface area contributed by atoms with Crippen LogP contribution in [0.2, 0.25) is 0 Å². The molecule has 0 saturated carbocycles. The molecule has 0 saturated heterocycles. The van der Waals surface area contributed by atoms with Gasteiger partial charge in [-0.2, -0.15) is 0 Å². The molecule has 4 heteroatoms. The first kappa shape index (κ1) is 15.4. The molecule has 0 spiro atoms. The van der Waals surface area contributed by atoms with E-state index in [2.05, 4.69) is 13.8 Å². The minimum absolute atomic E-state index is 0.665. The normalized spacial score (nSPS) is 14.3. The molecule has 1 aromatic carbocycles. The van der Waals surface area contributed by atoms with Gasteiger partial charge in [-0.25, -0.2) is 0 Å². The Balaban J connectivity index is 3.20. The van der Waals surface area contributed by atoms with Gasteiger partial charge in [-0.15, -0.1) is 4.52 Å². The molecule has 0 amide bonds. The summed E-state index contributed by atoms with van der Waals surface area (Å²) in [5.74, 6) is 0. The minimum atomic E-state index is -0.796. The third-order valence-corrected chi connectivity index (χ3v) is 3.95. The maximum absolute atomic E-state index is 11.0. The van der Waals surface area contributed by atoms with E-state index >= 15 is 0 Å². The second-order valence-corrected chi connectivity index (χ2v) is 5.17. The summed E-state index contributed by atoms with van der Waals surface area (Å²) in [4.78, 5) is 0.849. The SMILES string of the molecule is CCCC(=S)C(CCC)(O[PH+]=O)c1ccccc1. The molecule has 98 valence electrons. The summed E-state index contributed by atoms with van der Waals surface area (Å²) in [5.41, 5.74) is 0.343. The fraction of sp³-hybridized carbons (Fsp3) is 0.500. The van der Waals surface area contributed by atoms with Gasteiger partial charge in [-0.05, 0) is 23.0 Å². The highest BCUT2D eigenvalue weighted by Crippen LogP contribution is 2.37. The van der Waals surface area contributed by atoms with Gasteiger partial charge in [0.05, 0.1) is 0 Å². The van der Waals surface area contributed by atoms with Gasteiger partial charge in [-0.1, -0.05) is 69.2 Å². The fourth-order valence-electron chi connectivity index (χ4n) is 2.17. The van der Waals surface area contributed by atoms with Crippen molar-refractivity contribution in [3.05, 3.63) is 35.9 Å². The second-order valence-electron chi connectivity index (χ2n) is 4.30. The van der Waals surface area contributed by atoms with Crippen LogP contribution in [0, 0.1) is 0 Å². The van der Waals surface area contributed by atoms with Gasteiger partial charge in [0.1, 0.15) is 0 Å². The van der Waals surface area contributed by atoms with Crippen molar-refractivity contribution in [1.82, 2.24) is 0 Å². The Hall–Kier alpha value is -0.630. The highest BCUT2D eigenvalue weighted by Gasteiger charge is 2.40. The van der Waals surface area contributed by atoms with Crippen LogP contribution in [0.15, 0.2) is 30.3 Å². The smallest absolute Gasteiger partial charge is 0.131 e. The molecule has 0 aliphatic carbocycles. The van der Waals surface area contributed by atoms with Crippen LogP contribution in [-0.2, 0) is 14.7 Å². The summed E-state index contributed by atoms with van der Waals surface area (Å²) >= 11 is 5.54. The highest BCUT2D eigenvalue weighted by atomic mass is 32.1. The molecule has 0 aliphatic heterocycles. The monoisotopic (exact) mass is 283 g/mol. The van der Waals surface area contributed by atoms with Crippen molar-refractivity contribution in [2.24, 2.45) is 0 Å². The molecule has 0 aromatic heterocycles. The molecule has 2 unspecified atom stereocenters. The molecule has 0 N–H and O–H groups in total. The molecule has 2 nitrogen and oxygen atoms in total. The summed E-state index contributed by atoms with van der Waals surface area (Å²) in [5, 5.41) is 0. The minimum Gasteiger partial charge on any atom is -0.131 e. The van der Waals surface area contributed by atoms with Crippen molar-refractivity contribution in [1.29, 1.82) is 0 Å². The maximum Gasteiger partial charge on any atom is 0.495 e. The zero-order valence-corrected chi connectivity index (χ0v) is 12.8. The Morgan fingerprint density at radius 1 is 1.28 bits per heavy atom. The summed E-state index contributed by atoms with van der Waals surface area (Å²) in [6.07, 6.45) is 3.49. The van der Waals surface area contributed by atoms with Crippen molar-refractivity contribution in [2.45, 2.75) is 45.1 Å². The summed E-state index contributed by atoms with van der Waals surface area (Å²) in [6, 6.07) is 9.88. The molecular weight excluding hydrogens is 263 g/mol. The lowest BCUT2D eigenvalue weighted by Crippen LogP contribution is -2.35. The molecule has 18 heavy (non-hydrogen) atoms. The first-order valence-corrected chi connectivity index (χ1v) is 7.57. The number of thiocarbonyl (C=S) groups is 1. The van der Waals surface area contributed by atoms with Crippen molar-refractivity contribution in [3.8, 4) is 0 Å². The zero-order chi connectivity index (χ0) is 13.4.